The Hall–Kier alpha value is -7.18. The first kappa shape index (κ1) is 35.3. The topological polar surface area (TPSA) is 35.9 Å². The molecule has 0 atom stereocenters. The highest BCUT2D eigenvalue weighted by atomic mass is 16.5. The van der Waals surface area contributed by atoms with E-state index in [4.69, 9.17) is 9.72 Å². The van der Waals surface area contributed by atoms with E-state index in [1.54, 1.807) is 0 Å². The molecule has 9 aromatic rings. The van der Waals surface area contributed by atoms with Crippen molar-refractivity contribution in [2.75, 3.05) is 0 Å². The molecule has 5 nitrogen and oxygen atoms in total. The van der Waals surface area contributed by atoms with Gasteiger partial charge in [-0.3, -0.25) is 4.57 Å². The standard InChI is InChI=1S/C52H41BN4O/c1-52(2,3)39-30-32-54-50(33-39)57-46-25-11-10-22-44(46)45-29-28-40(34-49(45)57)58-41-21-14-15-31-53(35-41)56-36-55(47-26-12-13-27-48(47)56)51-42(37-17-6-4-7-18-37)23-16-24-43(51)38-19-8-5-9-20-38/h4-35H,1-3H3. The molecule has 6 heteroatoms. The zero-order valence-corrected chi connectivity index (χ0v) is 32.7. The van der Waals surface area contributed by atoms with Gasteiger partial charge in [0.1, 0.15) is 17.3 Å². The van der Waals surface area contributed by atoms with Crippen LogP contribution in [0.25, 0.3) is 66.6 Å². The lowest BCUT2D eigenvalue weighted by Gasteiger charge is -2.20. The summed E-state index contributed by atoms with van der Waals surface area (Å²) < 4.78 is 13.5. The Morgan fingerprint density at radius 1 is 0.638 bits per heavy atom. The van der Waals surface area contributed by atoms with Crippen molar-refractivity contribution in [2.45, 2.75) is 26.2 Å². The lowest BCUT2D eigenvalue weighted by atomic mass is 9.61. The van der Waals surface area contributed by atoms with E-state index in [0.29, 0.717) is 0 Å². The number of nitrogens with zero attached hydrogens (tertiary/aromatic N) is 4. The average Bonchev–Trinajstić information content (AvgIpc) is 3.70. The monoisotopic (exact) mass is 748 g/mol. The largest absolute Gasteiger partial charge is 0.458 e. The number of imidazole rings is 1. The molecule has 278 valence electrons. The molecule has 0 N–H and O–H groups in total. The molecule has 0 saturated carbocycles. The maximum atomic E-state index is 6.78. The third kappa shape index (κ3) is 6.33. The van der Waals surface area contributed by atoms with E-state index < -0.39 is 0 Å². The minimum atomic E-state index is -0.181. The summed E-state index contributed by atoms with van der Waals surface area (Å²) in [6, 6.07) is 55.6. The van der Waals surface area contributed by atoms with Gasteiger partial charge in [0.05, 0.1) is 22.2 Å². The Morgan fingerprint density at radius 3 is 2.05 bits per heavy atom. The Kier molecular flexibility index (Phi) is 8.75. The molecule has 3 aromatic heterocycles. The van der Waals surface area contributed by atoms with Gasteiger partial charge in [0.15, 0.2) is 0 Å². The van der Waals surface area contributed by atoms with Crippen LogP contribution in [0, 0.1) is 6.33 Å². The quantitative estimate of drug-likeness (QED) is 0.0924. The second-order valence-electron chi connectivity index (χ2n) is 15.8. The molecular formula is C52H41BN4O. The fourth-order valence-corrected chi connectivity index (χ4v) is 8.20. The van der Waals surface area contributed by atoms with E-state index >= 15 is 0 Å². The summed E-state index contributed by atoms with van der Waals surface area (Å²) in [6.07, 6.45) is 11.9. The molecule has 1 aliphatic rings. The Labute approximate surface area is 339 Å². The summed E-state index contributed by atoms with van der Waals surface area (Å²) in [5, 5.41) is 2.33. The normalized spacial score (nSPS) is 13.0. The van der Waals surface area contributed by atoms with Gasteiger partial charge in [-0.25, -0.2) is 4.98 Å². The SMILES string of the molecule is CC(C)(C)c1ccnc(-n2c3ccccc3c3ccc(OC4=CB(n5[c-][n+](-c6c(-c7ccccc7)cccc6-c6ccccc6)c6ccccc65)C=CC=C4)cc32)c1. The molecule has 0 bridgehead atoms. The number of allylic oxidation sites excluding steroid dienone is 3. The zero-order valence-electron chi connectivity index (χ0n) is 32.7. The molecular weight excluding hydrogens is 707 g/mol. The highest BCUT2D eigenvalue weighted by Crippen LogP contribution is 2.36. The third-order valence-corrected chi connectivity index (χ3v) is 11.1. The highest BCUT2D eigenvalue weighted by Gasteiger charge is 2.25. The summed E-state index contributed by atoms with van der Waals surface area (Å²) in [4.78, 5) is 4.87. The van der Waals surface area contributed by atoms with Crippen molar-refractivity contribution in [1.29, 1.82) is 0 Å². The number of rotatable bonds is 7. The van der Waals surface area contributed by atoms with Gasteiger partial charge in [0.25, 0.3) is 0 Å². The van der Waals surface area contributed by atoms with Crippen molar-refractivity contribution in [3.05, 3.63) is 212 Å². The third-order valence-electron chi connectivity index (χ3n) is 11.1. The second kappa shape index (κ2) is 14.4. The van der Waals surface area contributed by atoms with Gasteiger partial charge >= 0.3 is 6.85 Å². The number of para-hydroxylation sites is 4. The first-order valence-electron chi connectivity index (χ1n) is 19.8. The van der Waals surface area contributed by atoms with Crippen LogP contribution in [0.5, 0.6) is 5.75 Å². The lowest BCUT2D eigenvalue weighted by Crippen LogP contribution is -2.33. The van der Waals surface area contributed by atoms with Crippen LogP contribution in [0.1, 0.15) is 26.3 Å². The molecule has 10 rings (SSSR count). The summed E-state index contributed by atoms with van der Waals surface area (Å²) in [6.45, 7) is 6.53. The molecule has 4 heterocycles. The van der Waals surface area contributed by atoms with Crippen LogP contribution in [-0.4, -0.2) is 20.9 Å². The number of pyridine rings is 1. The summed E-state index contributed by atoms with van der Waals surface area (Å²) in [5.41, 5.74) is 11.2. The van der Waals surface area contributed by atoms with Crippen LogP contribution in [0.3, 0.4) is 0 Å². The second-order valence-corrected chi connectivity index (χ2v) is 15.8. The number of hydrogen-bond acceptors (Lipinski definition) is 2. The van der Waals surface area contributed by atoms with E-state index in [1.165, 1.54) is 10.9 Å². The van der Waals surface area contributed by atoms with Crippen molar-refractivity contribution < 1.29 is 9.30 Å². The van der Waals surface area contributed by atoms with Crippen LogP contribution in [0.2, 0.25) is 0 Å². The van der Waals surface area contributed by atoms with Crippen molar-refractivity contribution >= 4 is 39.7 Å². The van der Waals surface area contributed by atoms with Gasteiger partial charge in [-0.05, 0) is 75.6 Å². The predicted octanol–water partition coefficient (Wildman–Crippen LogP) is 11.8. The van der Waals surface area contributed by atoms with Gasteiger partial charge in [0.2, 0.25) is 6.33 Å². The van der Waals surface area contributed by atoms with Crippen LogP contribution < -0.4 is 9.30 Å². The van der Waals surface area contributed by atoms with E-state index in [9.17, 15) is 0 Å². The first-order chi connectivity index (χ1) is 28.4. The molecule has 0 fully saturated rings. The number of fused-ring (bicyclic) bond motifs is 4. The summed E-state index contributed by atoms with van der Waals surface area (Å²) in [5.74, 6) is 6.75. The summed E-state index contributed by atoms with van der Waals surface area (Å²) in [7, 11) is 0. The van der Waals surface area contributed by atoms with Crippen LogP contribution in [0.4, 0.5) is 0 Å². The lowest BCUT2D eigenvalue weighted by molar-refractivity contribution is -0.570. The van der Waals surface area contributed by atoms with Crippen molar-refractivity contribution in [2.24, 2.45) is 0 Å². The fraction of sp³-hybridized carbons (Fsp3) is 0.0769. The Bertz CT molecular complexity index is 3020. The maximum absolute atomic E-state index is 6.78. The number of benzene rings is 6. The molecule has 0 spiro atoms. The molecule has 0 unspecified atom stereocenters. The molecule has 0 amide bonds. The van der Waals surface area contributed by atoms with Crippen LogP contribution in [-0.2, 0) is 5.41 Å². The molecule has 58 heavy (non-hydrogen) atoms. The minimum absolute atomic E-state index is 0.00912. The minimum Gasteiger partial charge on any atom is -0.458 e. The van der Waals surface area contributed by atoms with E-state index in [1.807, 2.05) is 18.3 Å². The van der Waals surface area contributed by atoms with Gasteiger partial charge in [0, 0.05) is 28.6 Å². The van der Waals surface area contributed by atoms with Crippen LogP contribution in [0.15, 0.2) is 200 Å². The number of hydrogen-bond donors (Lipinski definition) is 0. The smallest absolute Gasteiger partial charge is 0.417 e. The van der Waals surface area contributed by atoms with Crippen molar-refractivity contribution in [1.82, 2.24) is 14.0 Å². The van der Waals surface area contributed by atoms with Gasteiger partial charge < -0.3 is 13.8 Å². The number of aromatic nitrogens is 4. The van der Waals surface area contributed by atoms with Gasteiger partial charge in [-0.1, -0.05) is 160 Å². The fourth-order valence-electron chi connectivity index (χ4n) is 8.20. The number of ether oxygens (including phenoxy) is 1. The van der Waals surface area contributed by atoms with Gasteiger partial charge in [-0.15, -0.1) is 0 Å². The highest BCUT2D eigenvalue weighted by molar-refractivity contribution is 6.68. The first-order valence-corrected chi connectivity index (χ1v) is 19.8. The van der Waals surface area contributed by atoms with Crippen molar-refractivity contribution in [3.8, 4) is 39.5 Å². The van der Waals surface area contributed by atoms with E-state index in [2.05, 4.69) is 216 Å². The molecule has 6 aromatic carbocycles. The zero-order chi connectivity index (χ0) is 39.2. The van der Waals surface area contributed by atoms with Gasteiger partial charge in [-0.2, -0.15) is 0 Å². The molecule has 1 aliphatic heterocycles. The van der Waals surface area contributed by atoms with E-state index in [0.717, 1.165) is 72.7 Å². The average molecular weight is 749 g/mol. The maximum Gasteiger partial charge on any atom is 0.417 e. The molecule has 0 aliphatic carbocycles. The van der Waals surface area contributed by atoms with Crippen LogP contribution >= 0.6 is 0 Å². The predicted molar refractivity (Wildman–Crippen MR) is 239 cm³/mol. The Balaban J connectivity index is 1.08. The molecule has 0 saturated heterocycles. The van der Waals surface area contributed by atoms with Crippen molar-refractivity contribution in [3.63, 3.8) is 0 Å². The molecule has 0 radical (unpaired) electrons. The Morgan fingerprint density at radius 2 is 1.31 bits per heavy atom. The van der Waals surface area contributed by atoms with E-state index in [-0.39, 0.29) is 12.3 Å². The summed E-state index contributed by atoms with van der Waals surface area (Å²) >= 11 is 0.